The van der Waals surface area contributed by atoms with Crippen LogP contribution in [-0.4, -0.2) is 47.2 Å². The smallest absolute Gasteiger partial charge is 0.242 e. The van der Waals surface area contributed by atoms with Gasteiger partial charge < -0.3 is 0 Å². The zero-order valence-electron chi connectivity index (χ0n) is 9.22. The molecule has 2 heterocycles. The molecular formula is C10H13ClN4O. The standard InChI is InChI=1S/C10H13ClN4O/c1-7-5-14(2)6-10(16)15(7)9-3-8(11)4-12-13-9/h3-4,7H,5-6H2,1-2H3. The van der Waals surface area contributed by atoms with Crippen molar-refractivity contribution >= 4 is 23.3 Å². The van der Waals surface area contributed by atoms with Gasteiger partial charge >= 0.3 is 0 Å². The second-order valence-corrected chi connectivity index (χ2v) is 4.48. The Hall–Kier alpha value is -1.20. The molecule has 1 unspecified atom stereocenters. The number of hydrogen-bond acceptors (Lipinski definition) is 4. The lowest BCUT2D eigenvalue weighted by Crippen LogP contribution is -2.54. The maximum atomic E-state index is 11.9. The Kier molecular flexibility index (Phi) is 3.07. The number of carbonyl (C=O) groups excluding carboxylic acids is 1. The summed E-state index contributed by atoms with van der Waals surface area (Å²) < 4.78 is 0. The second-order valence-electron chi connectivity index (χ2n) is 4.04. The number of rotatable bonds is 1. The summed E-state index contributed by atoms with van der Waals surface area (Å²) in [4.78, 5) is 15.5. The predicted octanol–water partition coefficient (Wildman–Crippen LogP) is 0.797. The molecule has 1 aromatic heterocycles. The van der Waals surface area contributed by atoms with Crippen LogP contribution in [0.3, 0.4) is 0 Å². The molecule has 1 aliphatic rings. The number of hydrogen-bond donors (Lipinski definition) is 0. The first kappa shape index (κ1) is 11.3. The second kappa shape index (κ2) is 4.35. The van der Waals surface area contributed by atoms with E-state index in [1.54, 1.807) is 11.0 Å². The van der Waals surface area contributed by atoms with Gasteiger partial charge in [0.2, 0.25) is 5.91 Å². The van der Waals surface area contributed by atoms with Gasteiger partial charge in [-0.3, -0.25) is 14.6 Å². The summed E-state index contributed by atoms with van der Waals surface area (Å²) in [6.45, 7) is 3.20. The average molecular weight is 241 g/mol. The summed E-state index contributed by atoms with van der Waals surface area (Å²) in [5, 5.41) is 8.19. The van der Waals surface area contributed by atoms with E-state index in [2.05, 4.69) is 10.2 Å². The average Bonchev–Trinajstić information content (AvgIpc) is 2.15. The van der Waals surface area contributed by atoms with E-state index in [0.717, 1.165) is 6.54 Å². The minimum Gasteiger partial charge on any atom is -0.296 e. The summed E-state index contributed by atoms with van der Waals surface area (Å²) in [5.41, 5.74) is 0. The van der Waals surface area contributed by atoms with Crippen molar-refractivity contribution in [2.45, 2.75) is 13.0 Å². The number of carbonyl (C=O) groups is 1. The van der Waals surface area contributed by atoms with Gasteiger partial charge in [-0.2, -0.15) is 5.10 Å². The number of aromatic nitrogens is 2. The Bertz CT molecular complexity index is 412. The van der Waals surface area contributed by atoms with Crippen LogP contribution in [0.15, 0.2) is 12.3 Å². The number of likely N-dealkylation sites (N-methyl/N-ethyl adjacent to an activating group) is 1. The molecule has 0 bridgehead atoms. The topological polar surface area (TPSA) is 49.3 Å². The van der Waals surface area contributed by atoms with Crippen LogP contribution in [0.4, 0.5) is 5.82 Å². The Balaban J connectivity index is 2.29. The molecule has 5 nitrogen and oxygen atoms in total. The molecule has 1 atom stereocenters. The summed E-state index contributed by atoms with van der Waals surface area (Å²) in [6, 6.07) is 1.74. The molecule has 16 heavy (non-hydrogen) atoms. The van der Waals surface area contributed by atoms with Gasteiger partial charge in [0, 0.05) is 18.7 Å². The third kappa shape index (κ3) is 2.15. The molecule has 0 N–H and O–H groups in total. The number of nitrogens with zero attached hydrogens (tertiary/aromatic N) is 4. The molecule has 1 aromatic rings. The highest BCUT2D eigenvalue weighted by Crippen LogP contribution is 2.20. The van der Waals surface area contributed by atoms with E-state index in [4.69, 9.17) is 11.6 Å². The molecule has 1 saturated heterocycles. The van der Waals surface area contributed by atoms with Crippen LogP contribution in [-0.2, 0) is 4.79 Å². The Morgan fingerprint density at radius 3 is 2.94 bits per heavy atom. The minimum atomic E-state index is 0.0258. The van der Waals surface area contributed by atoms with Crippen molar-refractivity contribution in [3.63, 3.8) is 0 Å². The molecule has 1 amide bonds. The highest BCUT2D eigenvalue weighted by Gasteiger charge is 2.30. The lowest BCUT2D eigenvalue weighted by Gasteiger charge is -2.36. The van der Waals surface area contributed by atoms with Crippen LogP contribution in [0.5, 0.6) is 0 Å². The van der Waals surface area contributed by atoms with Gasteiger partial charge in [0.25, 0.3) is 0 Å². The fourth-order valence-corrected chi connectivity index (χ4v) is 2.10. The largest absolute Gasteiger partial charge is 0.296 e. The molecule has 0 radical (unpaired) electrons. The van der Waals surface area contributed by atoms with Crippen LogP contribution >= 0.6 is 11.6 Å². The Labute approximate surface area is 99.0 Å². The van der Waals surface area contributed by atoms with E-state index in [1.165, 1.54) is 6.20 Å². The van der Waals surface area contributed by atoms with Gasteiger partial charge in [0.05, 0.1) is 17.8 Å². The van der Waals surface area contributed by atoms with Gasteiger partial charge in [0.1, 0.15) is 0 Å². The molecule has 2 rings (SSSR count). The first-order valence-electron chi connectivity index (χ1n) is 5.07. The van der Waals surface area contributed by atoms with E-state index < -0.39 is 0 Å². The highest BCUT2D eigenvalue weighted by atomic mass is 35.5. The molecule has 0 aliphatic carbocycles. The summed E-state index contributed by atoms with van der Waals surface area (Å²) >= 11 is 5.84. The number of amides is 1. The van der Waals surface area contributed by atoms with Crippen molar-refractivity contribution in [3.8, 4) is 0 Å². The first-order chi connectivity index (χ1) is 7.58. The van der Waals surface area contributed by atoms with Crippen LogP contribution in [0.25, 0.3) is 0 Å². The van der Waals surface area contributed by atoms with Crippen LogP contribution in [0.1, 0.15) is 6.92 Å². The third-order valence-corrected chi connectivity index (χ3v) is 2.75. The van der Waals surface area contributed by atoms with E-state index in [0.29, 0.717) is 17.4 Å². The summed E-state index contributed by atoms with van der Waals surface area (Å²) in [6.07, 6.45) is 1.45. The van der Waals surface area contributed by atoms with Gasteiger partial charge in [-0.1, -0.05) is 11.6 Å². The third-order valence-electron chi connectivity index (χ3n) is 2.55. The lowest BCUT2D eigenvalue weighted by molar-refractivity contribution is -0.121. The van der Waals surface area contributed by atoms with E-state index >= 15 is 0 Å². The number of halogens is 1. The number of anilines is 1. The van der Waals surface area contributed by atoms with Gasteiger partial charge in [-0.15, -0.1) is 5.10 Å². The van der Waals surface area contributed by atoms with Crippen molar-refractivity contribution in [2.24, 2.45) is 0 Å². The molecule has 6 heteroatoms. The van der Waals surface area contributed by atoms with Crippen LogP contribution in [0.2, 0.25) is 5.02 Å². The molecule has 0 spiro atoms. The molecule has 1 fully saturated rings. The summed E-state index contributed by atoms with van der Waals surface area (Å²) in [7, 11) is 1.93. The van der Waals surface area contributed by atoms with Crippen LogP contribution < -0.4 is 4.90 Å². The van der Waals surface area contributed by atoms with Gasteiger partial charge in [-0.25, -0.2) is 0 Å². The molecule has 1 aliphatic heterocycles. The fraction of sp³-hybridized carbons (Fsp3) is 0.500. The lowest BCUT2D eigenvalue weighted by atomic mass is 10.2. The summed E-state index contributed by atoms with van der Waals surface area (Å²) in [5.74, 6) is 0.552. The van der Waals surface area contributed by atoms with Gasteiger partial charge in [-0.05, 0) is 14.0 Å². The van der Waals surface area contributed by atoms with Crippen LogP contribution in [0, 0.1) is 0 Å². The Morgan fingerprint density at radius 1 is 1.56 bits per heavy atom. The molecular weight excluding hydrogens is 228 g/mol. The molecule has 0 saturated carbocycles. The van der Waals surface area contributed by atoms with Crippen molar-refractivity contribution in [1.29, 1.82) is 0 Å². The maximum absolute atomic E-state index is 11.9. The van der Waals surface area contributed by atoms with Crippen molar-refractivity contribution in [2.75, 3.05) is 25.0 Å². The van der Waals surface area contributed by atoms with Crippen molar-refractivity contribution in [3.05, 3.63) is 17.3 Å². The normalized spacial score (nSPS) is 22.6. The zero-order chi connectivity index (χ0) is 11.7. The van der Waals surface area contributed by atoms with Crippen molar-refractivity contribution < 1.29 is 4.79 Å². The SMILES string of the molecule is CC1CN(C)CC(=O)N1c1cc(Cl)cnn1. The highest BCUT2D eigenvalue weighted by molar-refractivity contribution is 6.30. The molecule has 0 aromatic carbocycles. The fourth-order valence-electron chi connectivity index (χ4n) is 1.95. The van der Waals surface area contributed by atoms with Crippen molar-refractivity contribution in [1.82, 2.24) is 15.1 Å². The quantitative estimate of drug-likeness (QED) is 0.729. The van der Waals surface area contributed by atoms with Gasteiger partial charge in [0.15, 0.2) is 5.82 Å². The maximum Gasteiger partial charge on any atom is 0.242 e. The van der Waals surface area contributed by atoms with E-state index in [1.807, 2.05) is 18.9 Å². The predicted molar refractivity (Wildman–Crippen MR) is 61.5 cm³/mol. The minimum absolute atomic E-state index is 0.0258. The monoisotopic (exact) mass is 240 g/mol. The zero-order valence-corrected chi connectivity index (χ0v) is 9.98. The number of piperazine rings is 1. The van der Waals surface area contributed by atoms with E-state index in [9.17, 15) is 4.79 Å². The Morgan fingerprint density at radius 2 is 2.31 bits per heavy atom. The first-order valence-corrected chi connectivity index (χ1v) is 5.44. The molecule has 86 valence electrons. The van der Waals surface area contributed by atoms with E-state index in [-0.39, 0.29) is 11.9 Å².